The number of carbonyl (C=O) groups is 1. The van der Waals surface area contributed by atoms with Crippen LogP contribution in [0.1, 0.15) is 98.8 Å². The van der Waals surface area contributed by atoms with Crippen molar-refractivity contribution in [1.82, 2.24) is 5.32 Å². The molecule has 0 spiro atoms. The fourth-order valence-electron chi connectivity index (χ4n) is 8.22. The van der Waals surface area contributed by atoms with Gasteiger partial charge >= 0.3 is 0 Å². The second-order valence-electron chi connectivity index (χ2n) is 11.7. The number of carbonyl (C=O) groups excluding carboxylic acids is 1. The first-order valence-corrected chi connectivity index (χ1v) is 12.3. The van der Waals surface area contributed by atoms with Gasteiger partial charge in [0.05, 0.1) is 0 Å². The minimum atomic E-state index is 0.221. The lowest BCUT2D eigenvalue weighted by atomic mass is 9.48. The van der Waals surface area contributed by atoms with E-state index in [9.17, 15) is 4.79 Å². The Hall–Kier alpha value is -0.790. The molecule has 158 valence electrons. The Morgan fingerprint density at radius 2 is 1.86 bits per heavy atom. The molecule has 0 radical (unpaired) electrons. The summed E-state index contributed by atoms with van der Waals surface area (Å²) in [4.78, 5) is 11.9. The van der Waals surface area contributed by atoms with Gasteiger partial charge in [0.1, 0.15) is 0 Å². The minimum absolute atomic E-state index is 0.221. The van der Waals surface area contributed by atoms with Gasteiger partial charge < -0.3 is 5.32 Å². The van der Waals surface area contributed by atoms with E-state index in [-0.39, 0.29) is 11.3 Å². The maximum atomic E-state index is 11.9. The number of hydrogen-bond acceptors (Lipinski definition) is 1. The molecule has 2 heteroatoms. The van der Waals surface area contributed by atoms with Crippen LogP contribution in [0.2, 0.25) is 0 Å². The predicted octanol–water partition coefficient (Wildman–Crippen LogP) is 6.71. The van der Waals surface area contributed by atoms with E-state index in [1.54, 1.807) is 0 Å². The van der Waals surface area contributed by atoms with Crippen LogP contribution in [-0.4, -0.2) is 5.91 Å². The van der Waals surface area contributed by atoms with Gasteiger partial charge in [-0.1, -0.05) is 60.0 Å². The normalized spacial score (nSPS) is 43.6. The highest BCUT2D eigenvalue weighted by atomic mass is 16.1. The van der Waals surface area contributed by atoms with Gasteiger partial charge in [0.15, 0.2) is 0 Å². The topological polar surface area (TPSA) is 29.1 Å². The molecule has 1 N–H and O–H groups in total. The molecule has 1 heterocycles. The van der Waals surface area contributed by atoms with Gasteiger partial charge in [-0.25, -0.2) is 0 Å². The van der Waals surface area contributed by atoms with Crippen LogP contribution in [-0.2, 0) is 4.79 Å². The van der Waals surface area contributed by atoms with Crippen molar-refractivity contribution >= 4 is 5.91 Å². The van der Waals surface area contributed by atoms with Gasteiger partial charge in [-0.3, -0.25) is 4.79 Å². The molecule has 7 atom stereocenters. The lowest BCUT2D eigenvalue weighted by Crippen LogP contribution is -2.53. The van der Waals surface area contributed by atoms with E-state index in [1.807, 2.05) is 0 Å². The Morgan fingerprint density at radius 3 is 2.61 bits per heavy atom. The van der Waals surface area contributed by atoms with Crippen molar-refractivity contribution in [3.63, 3.8) is 0 Å². The van der Waals surface area contributed by atoms with Crippen molar-refractivity contribution in [1.29, 1.82) is 0 Å². The largest absolute Gasteiger partial charge is 0.330 e. The highest BCUT2D eigenvalue weighted by Gasteiger charge is 2.59. The molecule has 4 aliphatic rings. The molecule has 1 amide bonds. The maximum absolute atomic E-state index is 11.9. The van der Waals surface area contributed by atoms with Crippen molar-refractivity contribution < 1.29 is 4.79 Å². The van der Waals surface area contributed by atoms with Crippen LogP contribution in [0.3, 0.4) is 0 Å². The molecular weight excluding hydrogens is 342 g/mol. The first-order chi connectivity index (χ1) is 13.3. The van der Waals surface area contributed by atoms with E-state index in [0.29, 0.717) is 11.8 Å². The summed E-state index contributed by atoms with van der Waals surface area (Å²) in [7, 11) is 0. The molecule has 0 aromatic carbocycles. The van der Waals surface area contributed by atoms with E-state index in [0.717, 1.165) is 41.9 Å². The van der Waals surface area contributed by atoms with Gasteiger partial charge in [0.2, 0.25) is 5.91 Å². The average molecular weight is 386 g/mol. The Morgan fingerprint density at radius 1 is 1.07 bits per heavy atom. The summed E-state index contributed by atoms with van der Waals surface area (Å²) >= 11 is 0. The molecule has 0 aromatic heterocycles. The Balaban J connectivity index is 1.50. The summed E-state index contributed by atoms with van der Waals surface area (Å²) in [6.07, 6.45) is 15.3. The number of amides is 1. The number of fused-ring (bicyclic) bond motifs is 5. The van der Waals surface area contributed by atoms with Crippen LogP contribution >= 0.6 is 0 Å². The van der Waals surface area contributed by atoms with Crippen LogP contribution in [0.5, 0.6) is 0 Å². The zero-order valence-corrected chi connectivity index (χ0v) is 19.0. The van der Waals surface area contributed by atoms with Crippen LogP contribution in [0.25, 0.3) is 0 Å². The zero-order chi connectivity index (χ0) is 20.1. The molecule has 2 saturated carbocycles. The van der Waals surface area contributed by atoms with E-state index in [4.69, 9.17) is 0 Å². The molecule has 0 unspecified atom stereocenters. The van der Waals surface area contributed by atoms with E-state index in [1.165, 1.54) is 57.1 Å². The molecular formula is C26H43NO. The highest BCUT2D eigenvalue weighted by Crippen LogP contribution is 2.66. The molecule has 4 rings (SSSR count). The molecule has 28 heavy (non-hydrogen) atoms. The summed E-state index contributed by atoms with van der Waals surface area (Å²) in [6.45, 7) is 12.4. The van der Waals surface area contributed by atoms with E-state index in [2.05, 4.69) is 46.0 Å². The summed E-state index contributed by atoms with van der Waals surface area (Å²) in [5.74, 6) is 5.40. The zero-order valence-electron chi connectivity index (χ0n) is 19.0. The Labute approximate surface area is 173 Å². The molecule has 0 bridgehead atoms. The molecule has 0 aromatic rings. The lowest BCUT2D eigenvalue weighted by Gasteiger charge is -2.57. The number of hydrogen-bond donors (Lipinski definition) is 1. The average Bonchev–Trinajstić information content (AvgIpc) is 2.99. The fourth-order valence-corrected chi connectivity index (χ4v) is 8.22. The third-order valence-electron chi connectivity index (χ3n) is 9.81. The second-order valence-corrected chi connectivity index (χ2v) is 11.7. The highest BCUT2D eigenvalue weighted by molar-refractivity contribution is 5.79. The summed E-state index contributed by atoms with van der Waals surface area (Å²) in [5.41, 5.74) is 2.04. The monoisotopic (exact) mass is 385 g/mol. The van der Waals surface area contributed by atoms with E-state index >= 15 is 0 Å². The molecule has 3 fully saturated rings. The fraction of sp³-hybridized carbons (Fsp3) is 0.885. The van der Waals surface area contributed by atoms with Gasteiger partial charge in [0, 0.05) is 17.5 Å². The van der Waals surface area contributed by atoms with Crippen LogP contribution in [0.4, 0.5) is 0 Å². The Kier molecular flexibility index (Phi) is 5.47. The lowest BCUT2D eigenvalue weighted by molar-refractivity contribution is -0.125. The molecule has 2 nitrogen and oxygen atoms in total. The van der Waals surface area contributed by atoms with Crippen molar-refractivity contribution in [2.45, 2.75) is 98.8 Å². The number of nitrogens with one attached hydrogen (secondary N) is 1. The van der Waals surface area contributed by atoms with Crippen LogP contribution in [0, 0.1) is 46.3 Å². The van der Waals surface area contributed by atoms with Gasteiger partial charge in [0.25, 0.3) is 0 Å². The SMILES string of the molecule is CC(C)CCC[C@@H](C)[C@H]1CC[C@H]2[C@@H]3CC=C4NC(=O)CC[C@]4(C)[C@H]3CC[C@]12C. The van der Waals surface area contributed by atoms with Crippen LogP contribution < -0.4 is 5.32 Å². The first kappa shape index (κ1) is 20.5. The van der Waals surface area contributed by atoms with E-state index < -0.39 is 0 Å². The maximum Gasteiger partial charge on any atom is 0.224 e. The molecule has 1 saturated heterocycles. The third-order valence-corrected chi connectivity index (χ3v) is 9.81. The van der Waals surface area contributed by atoms with Gasteiger partial charge in [-0.15, -0.1) is 0 Å². The third kappa shape index (κ3) is 3.27. The minimum Gasteiger partial charge on any atom is -0.330 e. The van der Waals surface area contributed by atoms with Crippen molar-refractivity contribution in [3.8, 4) is 0 Å². The Bertz CT molecular complexity index is 636. The molecule has 1 aliphatic heterocycles. The van der Waals surface area contributed by atoms with Crippen molar-refractivity contribution in [2.24, 2.45) is 46.3 Å². The number of rotatable bonds is 5. The predicted molar refractivity (Wildman–Crippen MR) is 117 cm³/mol. The number of allylic oxidation sites excluding steroid dienone is 2. The second kappa shape index (κ2) is 7.47. The van der Waals surface area contributed by atoms with Crippen LogP contribution in [0.15, 0.2) is 11.8 Å². The number of piperidine rings is 1. The summed E-state index contributed by atoms with van der Waals surface area (Å²) in [6, 6.07) is 0. The van der Waals surface area contributed by atoms with Crippen molar-refractivity contribution in [2.75, 3.05) is 0 Å². The summed E-state index contributed by atoms with van der Waals surface area (Å²) < 4.78 is 0. The van der Waals surface area contributed by atoms with Gasteiger partial charge in [-0.2, -0.15) is 0 Å². The van der Waals surface area contributed by atoms with Crippen molar-refractivity contribution in [3.05, 3.63) is 11.8 Å². The molecule has 3 aliphatic carbocycles. The first-order valence-electron chi connectivity index (χ1n) is 12.3. The quantitative estimate of drug-likeness (QED) is 0.560. The standard InChI is InChI=1S/C26H43NO/c1-17(2)7-6-8-18(3)20-10-11-21-19-9-12-23-26(5,16-14-24(28)27-23)22(19)13-15-25(20,21)4/h12,17-22H,6-11,13-16H2,1-5H3,(H,27,28)/t18-,19+,20-,21+,22+,25-,26-/m1/s1. The smallest absolute Gasteiger partial charge is 0.224 e. The summed E-state index contributed by atoms with van der Waals surface area (Å²) in [5, 5.41) is 3.24. The van der Waals surface area contributed by atoms with Gasteiger partial charge in [-0.05, 0) is 79.4 Å².